The Labute approximate surface area is 159 Å². The van der Waals surface area contributed by atoms with E-state index in [1.54, 1.807) is 18.2 Å². The minimum Gasteiger partial charge on any atom is -0.298 e. The summed E-state index contributed by atoms with van der Waals surface area (Å²) in [7, 11) is 0. The van der Waals surface area contributed by atoms with Gasteiger partial charge in [-0.05, 0) is 41.1 Å². The number of tetrazole rings is 1. The van der Waals surface area contributed by atoms with Gasteiger partial charge in [-0.15, -0.1) is 16.4 Å². The van der Waals surface area contributed by atoms with Gasteiger partial charge in [0.05, 0.1) is 11.4 Å². The van der Waals surface area contributed by atoms with Crippen LogP contribution >= 0.6 is 11.3 Å². The Morgan fingerprint density at radius 3 is 2.78 bits per heavy atom. The van der Waals surface area contributed by atoms with Crippen molar-refractivity contribution in [3.63, 3.8) is 0 Å². The van der Waals surface area contributed by atoms with E-state index in [2.05, 4.69) is 38.0 Å². The second-order valence-corrected chi connectivity index (χ2v) is 7.03. The highest BCUT2D eigenvalue weighted by molar-refractivity contribution is 7.15. The summed E-state index contributed by atoms with van der Waals surface area (Å²) in [4.78, 5) is 18.2. The Bertz CT molecular complexity index is 1060. The normalized spacial score (nSPS) is 10.7. The van der Waals surface area contributed by atoms with Gasteiger partial charge >= 0.3 is 0 Å². The maximum Gasteiger partial charge on any atom is 0.257 e. The zero-order valence-corrected chi connectivity index (χ0v) is 15.3. The summed E-state index contributed by atoms with van der Waals surface area (Å²) >= 11 is 1.50. The number of aryl methyl sites for hydroxylation is 1. The highest BCUT2D eigenvalue weighted by Gasteiger charge is 2.13. The van der Waals surface area contributed by atoms with E-state index in [1.165, 1.54) is 27.9 Å². The van der Waals surface area contributed by atoms with Crippen LogP contribution in [0.1, 0.15) is 26.5 Å². The topological polar surface area (TPSA) is 85.6 Å². The van der Waals surface area contributed by atoms with Gasteiger partial charge in [-0.1, -0.05) is 36.4 Å². The van der Waals surface area contributed by atoms with Crippen LogP contribution in [0.4, 0.5) is 5.13 Å². The number of benzene rings is 2. The second-order valence-electron chi connectivity index (χ2n) is 5.95. The molecule has 7 nitrogen and oxygen atoms in total. The summed E-state index contributed by atoms with van der Waals surface area (Å²) in [5.74, 6) is -0.218. The van der Waals surface area contributed by atoms with E-state index in [0.29, 0.717) is 16.4 Å². The van der Waals surface area contributed by atoms with Crippen molar-refractivity contribution in [2.45, 2.75) is 13.3 Å². The van der Waals surface area contributed by atoms with Crippen molar-refractivity contribution in [3.05, 3.63) is 82.6 Å². The summed E-state index contributed by atoms with van der Waals surface area (Å²) in [6.45, 7) is 1.96. The predicted molar refractivity (Wildman–Crippen MR) is 103 cm³/mol. The number of thiazole rings is 1. The third-order valence-electron chi connectivity index (χ3n) is 4.04. The largest absolute Gasteiger partial charge is 0.298 e. The average Bonchev–Trinajstić information content (AvgIpc) is 3.33. The number of amides is 1. The van der Waals surface area contributed by atoms with Gasteiger partial charge in [0.25, 0.3) is 5.91 Å². The Morgan fingerprint density at radius 1 is 1.15 bits per heavy atom. The summed E-state index contributed by atoms with van der Waals surface area (Å²) in [5.41, 5.74) is 3.38. The Morgan fingerprint density at radius 2 is 2.00 bits per heavy atom. The van der Waals surface area contributed by atoms with Crippen LogP contribution in [0.25, 0.3) is 5.69 Å². The maximum absolute atomic E-state index is 12.6. The molecule has 0 saturated carbocycles. The zero-order valence-electron chi connectivity index (χ0n) is 14.5. The molecule has 0 bridgehead atoms. The molecule has 4 rings (SSSR count). The van der Waals surface area contributed by atoms with Crippen LogP contribution in [-0.4, -0.2) is 31.1 Å². The first-order chi connectivity index (χ1) is 13.2. The summed E-state index contributed by atoms with van der Waals surface area (Å²) in [6.07, 6.45) is 2.28. The van der Waals surface area contributed by atoms with Crippen molar-refractivity contribution in [1.29, 1.82) is 0 Å². The molecule has 1 amide bonds. The fourth-order valence-corrected chi connectivity index (χ4v) is 3.66. The van der Waals surface area contributed by atoms with Gasteiger partial charge in [0.2, 0.25) is 0 Å². The van der Waals surface area contributed by atoms with Gasteiger partial charge < -0.3 is 0 Å². The van der Waals surface area contributed by atoms with Crippen LogP contribution in [0.3, 0.4) is 0 Å². The molecule has 0 aliphatic rings. The van der Waals surface area contributed by atoms with Gasteiger partial charge in [-0.3, -0.25) is 10.1 Å². The monoisotopic (exact) mass is 376 g/mol. The van der Waals surface area contributed by atoms with Crippen molar-refractivity contribution in [1.82, 2.24) is 25.2 Å². The number of hydrogen-bond donors (Lipinski definition) is 1. The van der Waals surface area contributed by atoms with Crippen molar-refractivity contribution in [2.75, 3.05) is 5.32 Å². The number of anilines is 1. The molecule has 1 N–H and O–H groups in total. The molecular weight excluding hydrogens is 360 g/mol. The predicted octanol–water partition coefficient (Wildman–Crippen LogP) is 3.27. The number of aromatic nitrogens is 5. The van der Waals surface area contributed by atoms with Gasteiger partial charge in [-0.25, -0.2) is 9.67 Å². The molecule has 8 heteroatoms. The lowest BCUT2D eigenvalue weighted by atomic mass is 10.1. The molecule has 2 aromatic carbocycles. The lowest BCUT2D eigenvalue weighted by Gasteiger charge is -2.04. The van der Waals surface area contributed by atoms with Crippen molar-refractivity contribution in [3.8, 4) is 5.69 Å². The molecule has 2 heterocycles. The van der Waals surface area contributed by atoms with E-state index >= 15 is 0 Å². The second kappa shape index (κ2) is 7.46. The maximum atomic E-state index is 12.6. The van der Waals surface area contributed by atoms with Gasteiger partial charge in [0, 0.05) is 16.9 Å². The first-order valence-corrected chi connectivity index (χ1v) is 9.16. The van der Waals surface area contributed by atoms with Crippen LogP contribution in [0.5, 0.6) is 0 Å². The van der Waals surface area contributed by atoms with E-state index < -0.39 is 0 Å². The lowest BCUT2D eigenvalue weighted by molar-refractivity contribution is 0.102. The summed E-state index contributed by atoms with van der Waals surface area (Å²) in [6, 6.07) is 17.3. The average molecular weight is 376 g/mol. The molecule has 0 unspecified atom stereocenters. The number of nitrogens with one attached hydrogen (secondary N) is 1. The molecule has 0 aliphatic heterocycles. The molecule has 134 valence electrons. The standard InChI is InChI=1S/C19H16N6OS/c1-13-17(10-14-6-3-2-4-7-14)27-19(21-13)22-18(26)15-8-5-9-16(11-15)25-12-20-23-24-25/h2-9,11-12H,10H2,1H3,(H,21,22,26). The van der Waals surface area contributed by atoms with Crippen LogP contribution < -0.4 is 5.32 Å². The molecule has 0 spiro atoms. The van der Waals surface area contributed by atoms with Gasteiger partial charge in [0.15, 0.2) is 5.13 Å². The first-order valence-electron chi connectivity index (χ1n) is 8.34. The SMILES string of the molecule is Cc1nc(NC(=O)c2cccc(-n3cnnn3)c2)sc1Cc1ccccc1. The highest BCUT2D eigenvalue weighted by atomic mass is 32.1. The number of rotatable bonds is 5. The number of nitrogens with zero attached hydrogens (tertiary/aromatic N) is 5. The number of carbonyl (C=O) groups excluding carboxylic acids is 1. The number of carbonyl (C=O) groups is 1. The van der Waals surface area contributed by atoms with Crippen molar-refractivity contribution in [2.24, 2.45) is 0 Å². The quantitative estimate of drug-likeness (QED) is 0.578. The first kappa shape index (κ1) is 17.0. The van der Waals surface area contributed by atoms with Gasteiger partial charge in [0.1, 0.15) is 6.33 Å². The lowest BCUT2D eigenvalue weighted by Crippen LogP contribution is -2.12. The van der Waals surface area contributed by atoms with Crippen molar-refractivity contribution >= 4 is 22.4 Å². The van der Waals surface area contributed by atoms with E-state index in [-0.39, 0.29) is 5.91 Å². The molecule has 0 radical (unpaired) electrons. The molecule has 0 fully saturated rings. The molecule has 2 aromatic heterocycles. The van der Waals surface area contributed by atoms with E-state index in [4.69, 9.17) is 0 Å². The molecule has 27 heavy (non-hydrogen) atoms. The van der Waals surface area contributed by atoms with Crippen LogP contribution in [0.15, 0.2) is 60.9 Å². The zero-order chi connectivity index (χ0) is 18.6. The highest BCUT2D eigenvalue weighted by Crippen LogP contribution is 2.25. The fourth-order valence-electron chi connectivity index (χ4n) is 2.67. The van der Waals surface area contributed by atoms with E-state index in [0.717, 1.165) is 17.0 Å². The molecule has 0 saturated heterocycles. The van der Waals surface area contributed by atoms with Crippen molar-refractivity contribution < 1.29 is 4.79 Å². The van der Waals surface area contributed by atoms with E-state index in [9.17, 15) is 4.79 Å². The summed E-state index contributed by atoms with van der Waals surface area (Å²) < 4.78 is 1.50. The van der Waals surface area contributed by atoms with Crippen LogP contribution in [0.2, 0.25) is 0 Å². The Kier molecular flexibility index (Phi) is 4.71. The summed E-state index contributed by atoms with van der Waals surface area (Å²) in [5, 5.41) is 14.5. The fraction of sp³-hybridized carbons (Fsp3) is 0.105. The molecule has 0 aliphatic carbocycles. The minimum absolute atomic E-state index is 0.218. The number of hydrogen-bond acceptors (Lipinski definition) is 6. The van der Waals surface area contributed by atoms with Gasteiger partial charge in [-0.2, -0.15) is 0 Å². The Balaban J connectivity index is 1.50. The third kappa shape index (κ3) is 3.90. The molecule has 0 atom stereocenters. The van der Waals surface area contributed by atoms with Crippen LogP contribution in [0, 0.1) is 6.92 Å². The molecular formula is C19H16N6OS. The minimum atomic E-state index is -0.218. The third-order valence-corrected chi connectivity index (χ3v) is 5.12. The Hall–Kier alpha value is -3.39. The molecule has 4 aromatic rings. The van der Waals surface area contributed by atoms with Crippen LogP contribution in [-0.2, 0) is 6.42 Å². The van der Waals surface area contributed by atoms with E-state index in [1.807, 2.05) is 31.2 Å². The smallest absolute Gasteiger partial charge is 0.257 e.